The van der Waals surface area contributed by atoms with Gasteiger partial charge in [-0.1, -0.05) is 56.5 Å². The number of nitrogens with one attached hydrogen (secondary N) is 2. The normalized spacial score (nSPS) is 18.5. The summed E-state index contributed by atoms with van der Waals surface area (Å²) < 4.78 is 5.77. The quantitative estimate of drug-likeness (QED) is 0.844. The second-order valence-electron chi connectivity index (χ2n) is 6.08. The highest BCUT2D eigenvalue weighted by molar-refractivity contribution is 5.74. The van der Waals surface area contributed by atoms with Crippen LogP contribution in [0.5, 0.6) is 0 Å². The number of carbonyl (C=O) groups excluding carboxylic acids is 1. The molecule has 4 heteroatoms. The number of hydrogen-bond donors (Lipinski definition) is 2. The first-order valence-electron chi connectivity index (χ1n) is 8.35. The van der Waals surface area contributed by atoms with E-state index in [1.54, 1.807) is 7.11 Å². The van der Waals surface area contributed by atoms with Crippen LogP contribution in [0.4, 0.5) is 4.79 Å². The predicted octanol–water partition coefficient (Wildman–Crippen LogP) is 3.57. The fourth-order valence-corrected chi connectivity index (χ4v) is 3.21. The summed E-state index contributed by atoms with van der Waals surface area (Å²) in [5.74, 6) is 0. The van der Waals surface area contributed by atoms with Crippen molar-refractivity contribution in [3.8, 4) is 0 Å². The maximum atomic E-state index is 12.1. The zero-order valence-electron chi connectivity index (χ0n) is 13.7. The van der Waals surface area contributed by atoms with Crippen molar-refractivity contribution in [1.29, 1.82) is 0 Å². The van der Waals surface area contributed by atoms with E-state index in [2.05, 4.69) is 17.6 Å². The molecule has 0 bridgehead atoms. The average Bonchev–Trinajstić information content (AvgIpc) is 2.58. The lowest BCUT2D eigenvalue weighted by molar-refractivity contribution is -0.0153. The van der Waals surface area contributed by atoms with Crippen molar-refractivity contribution in [1.82, 2.24) is 10.6 Å². The van der Waals surface area contributed by atoms with Gasteiger partial charge in [0, 0.05) is 13.2 Å². The van der Waals surface area contributed by atoms with Gasteiger partial charge in [0.05, 0.1) is 6.54 Å². The number of ether oxygens (including phenoxy) is 1. The van der Waals surface area contributed by atoms with Gasteiger partial charge in [-0.2, -0.15) is 0 Å². The molecule has 22 heavy (non-hydrogen) atoms. The number of amides is 2. The molecular weight excluding hydrogens is 276 g/mol. The molecule has 1 unspecified atom stereocenters. The lowest BCUT2D eigenvalue weighted by Crippen LogP contribution is -2.48. The summed E-state index contributed by atoms with van der Waals surface area (Å²) >= 11 is 0. The van der Waals surface area contributed by atoms with Crippen molar-refractivity contribution in [3.05, 3.63) is 35.9 Å². The largest absolute Gasteiger partial charge is 0.372 e. The van der Waals surface area contributed by atoms with Crippen LogP contribution in [0.25, 0.3) is 0 Å². The first-order chi connectivity index (χ1) is 10.7. The molecule has 1 fully saturated rings. The van der Waals surface area contributed by atoms with Crippen LogP contribution in [0.15, 0.2) is 30.3 Å². The molecule has 1 aromatic carbocycles. The maximum Gasteiger partial charge on any atom is 0.315 e. The van der Waals surface area contributed by atoms with E-state index >= 15 is 0 Å². The van der Waals surface area contributed by atoms with Crippen molar-refractivity contribution in [2.75, 3.05) is 13.7 Å². The van der Waals surface area contributed by atoms with E-state index in [0.29, 0.717) is 12.6 Å². The average molecular weight is 304 g/mol. The predicted molar refractivity (Wildman–Crippen MR) is 88.8 cm³/mol. The highest BCUT2D eigenvalue weighted by Gasteiger charge is 2.30. The molecule has 0 aromatic heterocycles. The Morgan fingerprint density at radius 1 is 1.23 bits per heavy atom. The van der Waals surface area contributed by atoms with Gasteiger partial charge in [-0.05, 0) is 24.8 Å². The molecule has 122 valence electrons. The van der Waals surface area contributed by atoms with E-state index in [1.165, 1.54) is 19.3 Å². The molecule has 2 rings (SSSR count). The maximum absolute atomic E-state index is 12.1. The van der Waals surface area contributed by atoms with Gasteiger partial charge in [-0.3, -0.25) is 0 Å². The summed E-state index contributed by atoms with van der Waals surface area (Å²) in [6.45, 7) is 2.56. The Kier molecular flexibility index (Phi) is 6.25. The molecule has 1 aromatic rings. The van der Waals surface area contributed by atoms with Crippen molar-refractivity contribution in [2.24, 2.45) is 0 Å². The van der Waals surface area contributed by atoms with E-state index in [9.17, 15) is 4.79 Å². The standard InChI is InChI=1S/C18H28N2O2/c1-3-18(22-2,15-10-6-4-7-11-15)14-19-17(21)20-16-12-8-5-9-13-16/h4,6-7,10-11,16H,3,5,8-9,12-14H2,1-2H3,(H2,19,20,21). The Balaban J connectivity index is 1.92. The summed E-state index contributed by atoms with van der Waals surface area (Å²) in [4.78, 5) is 12.1. The van der Waals surface area contributed by atoms with Gasteiger partial charge in [0.15, 0.2) is 0 Å². The van der Waals surface area contributed by atoms with Gasteiger partial charge in [-0.25, -0.2) is 4.79 Å². The van der Waals surface area contributed by atoms with Crippen LogP contribution >= 0.6 is 0 Å². The van der Waals surface area contributed by atoms with Gasteiger partial charge in [0.25, 0.3) is 0 Å². The monoisotopic (exact) mass is 304 g/mol. The summed E-state index contributed by atoms with van der Waals surface area (Å²) in [6, 6.07) is 10.3. The van der Waals surface area contributed by atoms with Crippen LogP contribution in [0, 0.1) is 0 Å². The lowest BCUT2D eigenvalue weighted by atomic mass is 9.90. The van der Waals surface area contributed by atoms with E-state index < -0.39 is 5.60 Å². The fraction of sp³-hybridized carbons (Fsp3) is 0.611. The zero-order chi connectivity index (χ0) is 15.8. The van der Waals surface area contributed by atoms with E-state index in [4.69, 9.17) is 4.74 Å². The molecule has 2 amide bonds. The smallest absolute Gasteiger partial charge is 0.315 e. The second-order valence-corrected chi connectivity index (χ2v) is 6.08. The van der Waals surface area contributed by atoms with Gasteiger partial charge in [0.2, 0.25) is 0 Å². The number of methoxy groups -OCH3 is 1. The fourth-order valence-electron chi connectivity index (χ4n) is 3.21. The highest BCUT2D eigenvalue weighted by Crippen LogP contribution is 2.28. The number of hydrogen-bond acceptors (Lipinski definition) is 2. The Morgan fingerprint density at radius 2 is 1.91 bits per heavy atom. The Bertz CT molecular complexity index is 451. The Labute approximate surface area is 133 Å². The highest BCUT2D eigenvalue weighted by atomic mass is 16.5. The van der Waals surface area contributed by atoms with E-state index in [0.717, 1.165) is 24.8 Å². The zero-order valence-corrected chi connectivity index (χ0v) is 13.7. The van der Waals surface area contributed by atoms with E-state index in [-0.39, 0.29) is 6.03 Å². The SMILES string of the molecule is CCC(CNC(=O)NC1CCCCC1)(OC)c1ccccc1. The van der Waals surface area contributed by atoms with Crippen LogP contribution in [0.1, 0.15) is 51.0 Å². The van der Waals surface area contributed by atoms with Crippen LogP contribution in [0.2, 0.25) is 0 Å². The molecule has 4 nitrogen and oxygen atoms in total. The molecule has 0 heterocycles. The number of benzene rings is 1. The third kappa shape index (κ3) is 4.23. The molecule has 0 spiro atoms. The lowest BCUT2D eigenvalue weighted by Gasteiger charge is -2.32. The van der Waals surface area contributed by atoms with Gasteiger partial charge in [-0.15, -0.1) is 0 Å². The topological polar surface area (TPSA) is 50.4 Å². The van der Waals surface area contributed by atoms with Crippen LogP contribution in [0.3, 0.4) is 0 Å². The summed E-state index contributed by atoms with van der Waals surface area (Å²) in [7, 11) is 1.71. The minimum atomic E-state index is -0.467. The van der Waals surface area contributed by atoms with E-state index in [1.807, 2.05) is 30.3 Å². The van der Waals surface area contributed by atoms with Crippen LogP contribution in [-0.4, -0.2) is 25.7 Å². The van der Waals surface area contributed by atoms with Crippen molar-refractivity contribution >= 4 is 6.03 Å². The molecule has 0 saturated heterocycles. The number of carbonyl (C=O) groups is 1. The minimum Gasteiger partial charge on any atom is -0.372 e. The molecule has 1 atom stereocenters. The molecule has 0 radical (unpaired) electrons. The number of rotatable bonds is 6. The Morgan fingerprint density at radius 3 is 2.50 bits per heavy atom. The minimum absolute atomic E-state index is 0.0855. The van der Waals surface area contributed by atoms with Crippen molar-refractivity contribution in [3.63, 3.8) is 0 Å². The van der Waals surface area contributed by atoms with Gasteiger partial charge in [0.1, 0.15) is 5.60 Å². The molecule has 1 saturated carbocycles. The molecule has 0 aliphatic heterocycles. The first kappa shape index (κ1) is 16.8. The summed E-state index contributed by atoms with van der Waals surface area (Å²) in [5.41, 5.74) is 0.628. The molecular formula is C18H28N2O2. The summed E-state index contributed by atoms with van der Waals surface area (Å²) in [5, 5.41) is 6.08. The third-order valence-electron chi connectivity index (χ3n) is 4.74. The molecule has 2 N–H and O–H groups in total. The second kappa shape index (κ2) is 8.18. The van der Waals surface area contributed by atoms with Crippen molar-refractivity contribution in [2.45, 2.75) is 57.1 Å². The van der Waals surface area contributed by atoms with Crippen molar-refractivity contribution < 1.29 is 9.53 Å². The Hall–Kier alpha value is -1.55. The summed E-state index contributed by atoms with van der Waals surface area (Å²) in [6.07, 6.45) is 6.70. The third-order valence-corrected chi connectivity index (χ3v) is 4.74. The van der Waals surface area contributed by atoms with Crippen LogP contribution < -0.4 is 10.6 Å². The molecule has 1 aliphatic carbocycles. The van der Waals surface area contributed by atoms with Gasteiger partial charge >= 0.3 is 6.03 Å². The van der Waals surface area contributed by atoms with Gasteiger partial charge < -0.3 is 15.4 Å². The first-order valence-corrected chi connectivity index (χ1v) is 8.35. The van der Waals surface area contributed by atoms with Crippen LogP contribution in [-0.2, 0) is 10.3 Å². The number of urea groups is 1. The molecule has 1 aliphatic rings.